The Bertz CT molecular complexity index is 443. The summed E-state index contributed by atoms with van der Waals surface area (Å²) in [4.78, 5) is 12.0. The van der Waals surface area contributed by atoms with E-state index in [2.05, 4.69) is 21.2 Å². The molecule has 5 heteroatoms. The molecule has 1 fully saturated rings. The molecule has 1 saturated carbocycles. The highest BCUT2D eigenvalue weighted by Crippen LogP contribution is 2.23. The van der Waals surface area contributed by atoms with Crippen molar-refractivity contribution in [2.45, 2.75) is 37.8 Å². The summed E-state index contributed by atoms with van der Waals surface area (Å²) < 4.78 is 0.774. The van der Waals surface area contributed by atoms with Gasteiger partial charge in [-0.3, -0.25) is 4.79 Å². The predicted octanol–water partition coefficient (Wildman–Crippen LogP) is 2.15. The summed E-state index contributed by atoms with van der Waals surface area (Å²) in [6.45, 7) is 0. The van der Waals surface area contributed by atoms with E-state index in [4.69, 9.17) is 5.73 Å². The van der Waals surface area contributed by atoms with Crippen molar-refractivity contribution in [3.05, 3.63) is 28.2 Å². The largest absolute Gasteiger partial charge is 0.507 e. The number of carbonyl (C=O) groups is 1. The fourth-order valence-electron chi connectivity index (χ4n) is 2.22. The number of carbonyl (C=O) groups excluding carboxylic acids is 1. The maximum atomic E-state index is 12.0. The molecule has 0 aromatic heterocycles. The predicted molar refractivity (Wildman–Crippen MR) is 73.5 cm³/mol. The second kappa shape index (κ2) is 5.71. The van der Waals surface area contributed by atoms with Gasteiger partial charge in [0.15, 0.2) is 0 Å². The van der Waals surface area contributed by atoms with Crippen molar-refractivity contribution in [2.24, 2.45) is 5.73 Å². The number of hydrogen-bond acceptors (Lipinski definition) is 3. The van der Waals surface area contributed by atoms with E-state index in [1.54, 1.807) is 12.1 Å². The molecule has 2 rings (SSSR count). The number of phenols is 1. The van der Waals surface area contributed by atoms with E-state index >= 15 is 0 Å². The Balaban J connectivity index is 2.01. The van der Waals surface area contributed by atoms with Gasteiger partial charge in [0.25, 0.3) is 5.91 Å². The highest BCUT2D eigenvalue weighted by Gasteiger charge is 2.21. The van der Waals surface area contributed by atoms with Crippen LogP contribution in [0.15, 0.2) is 22.7 Å². The molecule has 0 spiro atoms. The Morgan fingerprint density at radius 2 is 2.00 bits per heavy atom. The van der Waals surface area contributed by atoms with Crippen LogP contribution in [0.1, 0.15) is 36.0 Å². The monoisotopic (exact) mass is 312 g/mol. The van der Waals surface area contributed by atoms with E-state index < -0.39 is 0 Å². The van der Waals surface area contributed by atoms with E-state index in [0.29, 0.717) is 5.56 Å². The lowest BCUT2D eigenvalue weighted by Gasteiger charge is -2.26. The molecule has 0 radical (unpaired) electrons. The number of nitrogens with one attached hydrogen (secondary N) is 1. The molecule has 4 nitrogen and oxygen atoms in total. The lowest BCUT2D eigenvalue weighted by Crippen LogP contribution is -2.40. The molecule has 1 aromatic rings. The topological polar surface area (TPSA) is 75.3 Å². The zero-order valence-corrected chi connectivity index (χ0v) is 11.6. The third-order valence-electron chi connectivity index (χ3n) is 3.31. The van der Waals surface area contributed by atoms with Gasteiger partial charge < -0.3 is 16.2 Å². The summed E-state index contributed by atoms with van der Waals surface area (Å²) in [5, 5.41) is 12.6. The van der Waals surface area contributed by atoms with E-state index in [9.17, 15) is 9.90 Å². The van der Waals surface area contributed by atoms with Crippen molar-refractivity contribution in [3.8, 4) is 5.75 Å². The average molecular weight is 313 g/mol. The summed E-state index contributed by atoms with van der Waals surface area (Å²) in [6.07, 6.45) is 3.69. The summed E-state index contributed by atoms with van der Waals surface area (Å²) in [5.41, 5.74) is 6.13. The third kappa shape index (κ3) is 3.23. The lowest BCUT2D eigenvalue weighted by molar-refractivity contribution is 0.0923. The van der Waals surface area contributed by atoms with Gasteiger partial charge in [0.1, 0.15) is 5.75 Å². The molecule has 0 unspecified atom stereocenters. The van der Waals surface area contributed by atoms with Crippen LogP contribution < -0.4 is 11.1 Å². The molecule has 0 aliphatic heterocycles. The van der Waals surface area contributed by atoms with Crippen LogP contribution in [0.25, 0.3) is 0 Å². The highest BCUT2D eigenvalue weighted by molar-refractivity contribution is 9.10. The fraction of sp³-hybridized carbons (Fsp3) is 0.462. The van der Waals surface area contributed by atoms with Crippen LogP contribution in [0, 0.1) is 0 Å². The number of nitrogens with two attached hydrogens (primary N) is 1. The Morgan fingerprint density at radius 1 is 1.33 bits per heavy atom. The minimum atomic E-state index is -0.228. The lowest BCUT2D eigenvalue weighted by atomic mass is 9.91. The van der Waals surface area contributed by atoms with Crippen molar-refractivity contribution >= 4 is 21.8 Å². The van der Waals surface area contributed by atoms with E-state index in [0.717, 1.165) is 30.2 Å². The van der Waals surface area contributed by atoms with E-state index in [-0.39, 0.29) is 23.7 Å². The zero-order chi connectivity index (χ0) is 13.1. The maximum Gasteiger partial charge on any atom is 0.255 e. The standard InChI is InChI=1S/C13H17BrN2O2/c14-8-1-6-12(17)11(7-8)13(18)16-10-4-2-9(15)3-5-10/h1,6-7,9-10,17H,2-5,15H2,(H,16,18). The number of benzene rings is 1. The Kier molecular flexibility index (Phi) is 4.24. The Hall–Kier alpha value is -1.07. The van der Waals surface area contributed by atoms with Crippen LogP contribution in [0.5, 0.6) is 5.75 Å². The number of phenolic OH excluding ortho intramolecular Hbond substituents is 1. The van der Waals surface area contributed by atoms with Gasteiger partial charge in [0.05, 0.1) is 5.56 Å². The maximum absolute atomic E-state index is 12.0. The van der Waals surface area contributed by atoms with Gasteiger partial charge >= 0.3 is 0 Å². The second-order valence-corrected chi connectivity index (χ2v) is 5.66. The molecule has 0 saturated heterocycles. The fourth-order valence-corrected chi connectivity index (χ4v) is 2.58. The molecule has 0 heterocycles. The first-order valence-corrected chi connectivity index (χ1v) is 6.90. The summed E-state index contributed by atoms with van der Waals surface area (Å²) in [7, 11) is 0. The Labute approximate surface area is 115 Å². The third-order valence-corrected chi connectivity index (χ3v) is 3.80. The first-order chi connectivity index (χ1) is 8.56. The Morgan fingerprint density at radius 3 is 2.67 bits per heavy atom. The SMILES string of the molecule is NC1CCC(NC(=O)c2cc(Br)ccc2O)CC1. The van der Waals surface area contributed by atoms with Gasteiger partial charge in [-0.25, -0.2) is 0 Å². The van der Waals surface area contributed by atoms with Gasteiger partial charge in [0.2, 0.25) is 0 Å². The van der Waals surface area contributed by atoms with Crippen LogP contribution in [0.2, 0.25) is 0 Å². The van der Waals surface area contributed by atoms with Gasteiger partial charge in [-0.1, -0.05) is 15.9 Å². The molecule has 1 aliphatic rings. The number of rotatable bonds is 2. The highest BCUT2D eigenvalue weighted by atomic mass is 79.9. The number of hydrogen-bond donors (Lipinski definition) is 3. The van der Waals surface area contributed by atoms with E-state index in [1.165, 1.54) is 6.07 Å². The molecular formula is C13H17BrN2O2. The molecule has 18 heavy (non-hydrogen) atoms. The number of aromatic hydroxyl groups is 1. The minimum absolute atomic E-state index is 0.00297. The quantitative estimate of drug-likeness (QED) is 0.783. The van der Waals surface area contributed by atoms with Crippen molar-refractivity contribution < 1.29 is 9.90 Å². The molecule has 1 amide bonds. The number of amides is 1. The smallest absolute Gasteiger partial charge is 0.255 e. The second-order valence-electron chi connectivity index (χ2n) is 4.75. The van der Waals surface area contributed by atoms with Gasteiger partial charge in [-0.2, -0.15) is 0 Å². The first-order valence-electron chi connectivity index (χ1n) is 6.11. The van der Waals surface area contributed by atoms with Crippen LogP contribution in [-0.4, -0.2) is 23.1 Å². The van der Waals surface area contributed by atoms with Crippen LogP contribution in [0.3, 0.4) is 0 Å². The molecule has 1 aromatic carbocycles. The van der Waals surface area contributed by atoms with Gasteiger partial charge in [-0.05, 0) is 43.9 Å². The summed E-state index contributed by atoms with van der Waals surface area (Å²) in [5.74, 6) is -0.225. The van der Waals surface area contributed by atoms with E-state index in [1.807, 2.05) is 0 Å². The minimum Gasteiger partial charge on any atom is -0.507 e. The van der Waals surface area contributed by atoms with Gasteiger partial charge in [0, 0.05) is 16.6 Å². The van der Waals surface area contributed by atoms with Crippen LogP contribution in [-0.2, 0) is 0 Å². The number of halogens is 1. The molecular weight excluding hydrogens is 296 g/mol. The summed E-state index contributed by atoms with van der Waals surface area (Å²) >= 11 is 3.29. The molecule has 4 N–H and O–H groups in total. The molecule has 1 aliphatic carbocycles. The van der Waals surface area contributed by atoms with Crippen molar-refractivity contribution in [3.63, 3.8) is 0 Å². The molecule has 98 valence electrons. The first kappa shape index (κ1) is 13.4. The van der Waals surface area contributed by atoms with Crippen LogP contribution in [0.4, 0.5) is 0 Å². The van der Waals surface area contributed by atoms with Crippen molar-refractivity contribution in [2.75, 3.05) is 0 Å². The average Bonchev–Trinajstić information content (AvgIpc) is 2.35. The normalized spacial score (nSPS) is 23.7. The summed E-state index contributed by atoms with van der Waals surface area (Å²) in [6, 6.07) is 5.26. The van der Waals surface area contributed by atoms with Crippen molar-refractivity contribution in [1.82, 2.24) is 5.32 Å². The van der Waals surface area contributed by atoms with Crippen LogP contribution >= 0.6 is 15.9 Å². The molecule has 0 bridgehead atoms. The van der Waals surface area contributed by atoms with Gasteiger partial charge in [-0.15, -0.1) is 0 Å². The van der Waals surface area contributed by atoms with Crippen molar-refractivity contribution in [1.29, 1.82) is 0 Å². The zero-order valence-electron chi connectivity index (χ0n) is 10.0. The molecule has 0 atom stereocenters.